The Balaban J connectivity index is 1.67. The third kappa shape index (κ3) is 4.18. The van der Waals surface area contributed by atoms with Crippen molar-refractivity contribution in [1.29, 1.82) is 0 Å². The van der Waals surface area contributed by atoms with Crippen molar-refractivity contribution in [1.82, 2.24) is 0 Å². The fraction of sp³-hybridized carbons (Fsp3) is 0.0357. The van der Waals surface area contributed by atoms with Gasteiger partial charge >= 0.3 is 0 Å². The number of nitrogens with one attached hydrogen (secondary N) is 2. The molecule has 0 heterocycles. The van der Waals surface area contributed by atoms with Crippen LogP contribution in [-0.4, -0.2) is 24.5 Å². The Kier molecular flexibility index (Phi) is 5.74. The lowest BCUT2D eigenvalue weighted by Crippen LogP contribution is -2.13. The van der Waals surface area contributed by atoms with Crippen molar-refractivity contribution < 1.29 is 23.4 Å². The van der Waals surface area contributed by atoms with Crippen LogP contribution in [0.2, 0.25) is 0 Å². The summed E-state index contributed by atoms with van der Waals surface area (Å²) in [5.41, 5.74) is 1.42. The average Bonchev–Trinajstić information content (AvgIpc) is 2.86. The Labute approximate surface area is 207 Å². The summed E-state index contributed by atoms with van der Waals surface area (Å²) in [6.07, 6.45) is 0. The molecule has 0 atom stereocenters. The van der Waals surface area contributed by atoms with E-state index in [9.17, 15) is 23.4 Å². The zero-order chi connectivity index (χ0) is 25.4. The molecule has 36 heavy (non-hydrogen) atoms. The summed E-state index contributed by atoms with van der Waals surface area (Å²) in [4.78, 5) is 11.3. The van der Waals surface area contributed by atoms with Crippen molar-refractivity contribution in [3.8, 4) is 22.6 Å². The highest BCUT2D eigenvalue weighted by atomic mass is 32.2. The third-order valence-electron chi connectivity index (χ3n) is 5.92. The molecule has 0 saturated heterocycles. The van der Waals surface area contributed by atoms with Crippen LogP contribution >= 0.6 is 0 Å². The van der Waals surface area contributed by atoms with E-state index in [0.717, 1.165) is 5.39 Å². The highest BCUT2D eigenvalue weighted by Crippen LogP contribution is 2.46. The quantitative estimate of drug-likeness (QED) is 0.228. The van der Waals surface area contributed by atoms with Crippen LogP contribution in [0.25, 0.3) is 32.7 Å². The van der Waals surface area contributed by atoms with E-state index in [1.807, 2.05) is 24.3 Å². The summed E-state index contributed by atoms with van der Waals surface area (Å²) < 4.78 is 29.2. The molecule has 5 rings (SSSR count). The molecule has 0 aliphatic rings. The van der Waals surface area contributed by atoms with Crippen molar-refractivity contribution in [3.63, 3.8) is 0 Å². The molecule has 0 spiro atoms. The van der Waals surface area contributed by atoms with Crippen molar-refractivity contribution in [2.24, 2.45) is 0 Å². The van der Waals surface area contributed by atoms with Crippen LogP contribution in [0.3, 0.4) is 0 Å². The molecule has 5 aromatic carbocycles. The number of phenolic OH excluding ortho intramolecular Hbond substituents is 2. The van der Waals surface area contributed by atoms with Gasteiger partial charge in [0.1, 0.15) is 11.5 Å². The first-order valence-corrected chi connectivity index (χ1v) is 12.6. The van der Waals surface area contributed by atoms with Crippen LogP contribution in [-0.2, 0) is 14.8 Å². The molecule has 7 nitrogen and oxygen atoms in total. The van der Waals surface area contributed by atoms with E-state index in [4.69, 9.17) is 0 Å². The lowest BCUT2D eigenvalue weighted by atomic mass is 9.93. The summed E-state index contributed by atoms with van der Waals surface area (Å²) in [6.45, 7) is 1.37. The molecule has 0 bridgehead atoms. The molecule has 4 N–H and O–H groups in total. The molecule has 8 heteroatoms. The molecule has 0 saturated carbocycles. The van der Waals surface area contributed by atoms with Crippen LogP contribution < -0.4 is 10.0 Å². The molecule has 0 unspecified atom stereocenters. The normalized spacial score (nSPS) is 11.5. The number of phenols is 2. The molecular formula is C28H22N2O5S. The fourth-order valence-electron chi connectivity index (χ4n) is 4.30. The van der Waals surface area contributed by atoms with Crippen molar-refractivity contribution in [3.05, 3.63) is 91.0 Å². The molecular weight excluding hydrogens is 476 g/mol. The maximum Gasteiger partial charge on any atom is 0.261 e. The summed E-state index contributed by atoms with van der Waals surface area (Å²) in [5, 5.41) is 27.1. The van der Waals surface area contributed by atoms with E-state index in [0.29, 0.717) is 33.0 Å². The minimum absolute atomic E-state index is 0.00307. The molecule has 1 amide bonds. The van der Waals surface area contributed by atoms with Gasteiger partial charge in [-0.1, -0.05) is 54.6 Å². The van der Waals surface area contributed by atoms with Gasteiger partial charge in [0.25, 0.3) is 10.0 Å². The maximum atomic E-state index is 13.3. The zero-order valence-electron chi connectivity index (χ0n) is 19.2. The Morgan fingerprint density at radius 3 is 2.11 bits per heavy atom. The number of amides is 1. The van der Waals surface area contributed by atoms with Crippen molar-refractivity contribution in [2.75, 3.05) is 10.0 Å². The Bertz CT molecular complexity index is 1750. The first-order chi connectivity index (χ1) is 17.2. The summed E-state index contributed by atoms with van der Waals surface area (Å²) >= 11 is 0. The van der Waals surface area contributed by atoms with Gasteiger partial charge in [-0.3, -0.25) is 9.52 Å². The van der Waals surface area contributed by atoms with Gasteiger partial charge in [0.05, 0.1) is 10.6 Å². The van der Waals surface area contributed by atoms with Crippen LogP contribution in [0.4, 0.5) is 11.4 Å². The number of anilines is 2. The highest BCUT2D eigenvalue weighted by molar-refractivity contribution is 7.92. The lowest BCUT2D eigenvalue weighted by molar-refractivity contribution is -0.114. The van der Waals surface area contributed by atoms with E-state index in [1.165, 1.54) is 37.3 Å². The number of aromatic hydroxyl groups is 2. The van der Waals surface area contributed by atoms with Gasteiger partial charge in [-0.05, 0) is 47.2 Å². The standard InChI is InChI=1S/C28H22N2O5S/c1-17(31)29-19-11-13-20(14-12-19)36(34,35)30-25-16-24(28(33)23-9-5-4-8-22(23)25)27-21-7-3-2-6-18(21)10-15-26(27)32/h2-16,30,32-33H,1H3,(H,29,31). The molecule has 0 aliphatic heterocycles. The van der Waals surface area contributed by atoms with Crippen molar-refractivity contribution in [2.45, 2.75) is 11.8 Å². The molecule has 5 aromatic rings. The monoisotopic (exact) mass is 498 g/mol. The molecule has 180 valence electrons. The Hall–Kier alpha value is -4.56. The average molecular weight is 499 g/mol. The van der Waals surface area contributed by atoms with Gasteiger partial charge < -0.3 is 15.5 Å². The van der Waals surface area contributed by atoms with Crippen LogP contribution in [0.15, 0.2) is 95.9 Å². The van der Waals surface area contributed by atoms with Crippen molar-refractivity contribution >= 4 is 48.9 Å². The number of fused-ring (bicyclic) bond motifs is 2. The van der Waals surface area contributed by atoms with Gasteiger partial charge in [-0.25, -0.2) is 8.42 Å². The van der Waals surface area contributed by atoms with Crippen LogP contribution in [0, 0.1) is 0 Å². The van der Waals surface area contributed by atoms with Gasteiger partial charge in [-0.2, -0.15) is 0 Å². The van der Waals surface area contributed by atoms with E-state index in [2.05, 4.69) is 10.0 Å². The molecule has 0 radical (unpaired) electrons. The first kappa shape index (κ1) is 23.2. The van der Waals surface area contributed by atoms with Crippen LogP contribution in [0.1, 0.15) is 6.92 Å². The third-order valence-corrected chi connectivity index (χ3v) is 7.30. The Morgan fingerprint density at radius 1 is 0.778 bits per heavy atom. The second-order valence-electron chi connectivity index (χ2n) is 8.36. The van der Waals surface area contributed by atoms with Gasteiger partial charge in [0.15, 0.2) is 0 Å². The topological polar surface area (TPSA) is 116 Å². The second-order valence-corrected chi connectivity index (χ2v) is 10.0. The Morgan fingerprint density at radius 2 is 1.42 bits per heavy atom. The minimum atomic E-state index is -4.02. The van der Waals surface area contributed by atoms with E-state index < -0.39 is 10.0 Å². The number of hydrogen-bond acceptors (Lipinski definition) is 5. The highest BCUT2D eigenvalue weighted by Gasteiger charge is 2.21. The van der Waals surface area contributed by atoms with Gasteiger partial charge in [-0.15, -0.1) is 0 Å². The summed E-state index contributed by atoms with van der Waals surface area (Å²) in [6, 6.07) is 25.0. The number of benzene rings is 5. The number of hydrogen-bond donors (Lipinski definition) is 4. The first-order valence-electron chi connectivity index (χ1n) is 11.1. The number of carbonyl (C=O) groups excluding carboxylic acids is 1. The number of rotatable bonds is 5. The fourth-order valence-corrected chi connectivity index (χ4v) is 5.37. The second kappa shape index (κ2) is 8.90. The van der Waals surface area contributed by atoms with E-state index in [1.54, 1.807) is 36.4 Å². The van der Waals surface area contributed by atoms with Gasteiger partial charge in [0, 0.05) is 34.5 Å². The van der Waals surface area contributed by atoms with E-state index in [-0.39, 0.29) is 28.0 Å². The number of carbonyl (C=O) groups is 1. The smallest absolute Gasteiger partial charge is 0.261 e. The molecule has 0 aromatic heterocycles. The van der Waals surface area contributed by atoms with Crippen LogP contribution in [0.5, 0.6) is 11.5 Å². The van der Waals surface area contributed by atoms with Gasteiger partial charge in [0.2, 0.25) is 5.91 Å². The maximum absolute atomic E-state index is 13.3. The van der Waals surface area contributed by atoms with E-state index >= 15 is 0 Å². The largest absolute Gasteiger partial charge is 0.507 e. The lowest BCUT2D eigenvalue weighted by Gasteiger charge is -2.17. The molecule has 0 aliphatic carbocycles. The SMILES string of the molecule is CC(=O)Nc1ccc(S(=O)(=O)Nc2cc(-c3c(O)ccc4ccccc34)c(O)c3ccccc23)cc1. The number of sulfonamides is 1. The zero-order valence-corrected chi connectivity index (χ0v) is 20.0. The predicted octanol–water partition coefficient (Wildman–Crippen LogP) is 5.83. The summed E-state index contributed by atoms with van der Waals surface area (Å²) in [7, 11) is -4.02. The molecule has 0 fully saturated rings. The minimum Gasteiger partial charge on any atom is -0.507 e. The summed E-state index contributed by atoms with van der Waals surface area (Å²) in [5.74, 6) is -0.370. The predicted molar refractivity (Wildman–Crippen MR) is 142 cm³/mol.